The molecule has 1 aromatic carbocycles. The molecule has 0 bridgehead atoms. The number of hydrogen-bond donors (Lipinski definition) is 8. The third kappa shape index (κ3) is 13.1. The van der Waals surface area contributed by atoms with Gasteiger partial charge in [-0.25, -0.2) is 4.79 Å². The zero-order valence-corrected chi connectivity index (χ0v) is 24.3. The molecule has 14 heteroatoms. The summed E-state index contributed by atoms with van der Waals surface area (Å²) in [6.07, 6.45) is 0.560. The van der Waals surface area contributed by atoms with Crippen LogP contribution < -0.4 is 32.7 Å². The Hall–Kier alpha value is -4.04. The van der Waals surface area contributed by atoms with Crippen LogP contribution in [-0.2, 0) is 35.2 Å². The maximum Gasteiger partial charge on any atom is 0.326 e. The molecule has 0 spiro atoms. The van der Waals surface area contributed by atoms with Crippen LogP contribution in [0, 0.1) is 5.92 Å². The van der Waals surface area contributed by atoms with E-state index in [2.05, 4.69) is 21.3 Å². The van der Waals surface area contributed by atoms with Gasteiger partial charge in [-0.2, -0.15) is 0 Å². The second kappa shape index (κ2) is 18.4. The first-order chi connectivity index (χ1) is 19.8. The monoisotopic (exact) mass is 592 g/mol. The number of carboxylic acid groups (broad SMARTS) is 2. The summed E-state index contributed by atoms with van der Waals surface area (Å²) >= 11 is 0. The molecule has 1 rings (SSSR count). The van der Waals surface area contributed by atoms with Crippen LogP contribution in [0.5, 0.6) is 0 Å². The minimum Gasteiger partial charge on any atom is -0.481 e. The van der Waals surface area contributed by atoms with Crippen molar-refractivity contribution < 1.29 is 39.0 Å². The molecule has 10 N–H and O–H groups in total. The minimum atomic E-state index is -1.30. The quantitative estimate of drug-likeness (QED) is 0.0934. The predicted octanol–water partition coefficient (Wildman–Crippen LogP) is -0.750. The maximum absolute atomic E-state index is 13.3. The Morgan fingerprint density at radius 1 is 0.738 bits per heavy atom. The second-order valence-corrected chi connectivity index (χ2v) is 10.4. The largest absolute Gasteiger partial charge is 0.481 e. The number of rotatable bonds is 19. The number of carbonyl (C=O) groups is 6. The lowest BCUT2D eigenvalue weighted by Crippen LogP contribution is -2.58. The van der Waals surface area contributed by atoms with Gasteiger partial charge in [-0.05, 0) is 50.6 Å². The summed E-state index contributed by atoms with van der Waals surface area (Å²) < 4.78 is 0. The van der Waals surface area contributed by atoms with Crippen LogP contribution in [0.2, 0.25) is 0 Å². The molecule has 0 saturated carbocycles. The summed E-state index contributed by atoms with van der Waals surface area (Å²) in [5, 5.41) is 28.5. The van der Waals surface area contributed by atoms with Crippen LogP contribution in [0.3, 0.4) is 0 Å². The lowest BCUT2D eigenvalue weighted by Gasteiger charge is -2.26. The van der Waals surface area contributed by atoms with Gasteiger partial charge in [0.15, 0.2) is 0 Å². The summed E-state index contributed by atoms with van der Waals surface area (Å²) in [4.78, 5) is 74.6. The van der Waals surface area contributed by atoms with Gasteiger partial charge in [0, 0.05) is 12.8 Å². The van der Waals surface area contributed by atoms with E-state index in [1.54, 1.807) is 44.2 Å². The number of benzene rings is 1. The highest BCUT2D eigenvalue weighted by molar-refractivity contribution is 5.95. The van der Waals surface area contributed by atoms with Gasteiger partial charge in [-0.1, -0.05) is 44.2 Å². The van der Waals surface area contributed by atoms with Gasteiger partial charge in [-0.15, -0.1) is 0 Å². The Kier molecular flexibility index (Phi) is 15.8. The molecular weight excluding hydrogens is 548 g/mol. The molecule has 0 heterocycles. The predicted molar refractivity (Wildman–Crippen MR) is 154 cm³/mol. The third-order valence-electron chi connectivity index (χ3n) is 6.53. The number of unbranched alkanes of at least 4 members (excludes halogenated alkanes) is 1. The van der Waals surface area contributed by atoms with Gasteiger partial charge in [-0.3, -0.25) is 24.0 Å². The van der Waals surface area contributed by atoms with E-state index in [4.69, 9.17) is 16.6 Å². The first kappa shape index (κ1) is 36.0. The number of carboxylic acids is 2. The van der Waals surface area contributed by atoms with E-state index in [0.29, 0.717) is 24.9 Å². The highest BCUT2D eigenvalue weighted by atomic mass is 16.4. The topological polar surface area (TPSA) is 243 Å². The standard InChI is InChI=1S/C28H44N6O8/c1-16(2)23(30)27(40)32-19(12-13-22(35)36)25(38)34-21(15-18-9-5-4-6-10-18)26(39)31-17(3)24(37)33-20(28(41)42)11-7-8-14-29/h4-6,9-10,16-17,19-21,23H,7-8,11-15,29-30H2,1-3H3,(H,31,39)(H,32,40)(H,33,37)(H,34,38)(H,35,36)(H,41,42)/t17-,19-,20-,21-,23-/m0/s1. The van der Waals surface area contributed by atoms with Crippen molar-refractivity contribution in [3.63, 3.8) is 0 Å². The smallest absolute Gasteiger partial charge is 0.326 e. The Morgan fingerprint density at radius 2 is 1.31 bits per heavy atom. The van der Waals surface area contributed by atoms with Crippen LogP contribution in [0.1, 0.15) is 58.4 Å². The van der Waals surface area contributed by atoms with Crippen molar-refractivity contribution >= 4 is 35.6 Å². The number of nitrogens with two attached hydrogens (primary N) is 2. The molecule has 0 fully saturated rings. The number of amides is 4. The normalized spacial score (nSPS) is 14.5. The Bertz CT molecular complexity index is 1070. The molecule has 0 aliphatic rings. The van der Waals surface area contributed by atoms with Crippen molar-refractivity contribution in [3.05, 3.63) is 35.9 Å². The Labute approximate surface area is 245 Å². The molecule has 0 aromatic heterocycles. The average Bonchev–Trinajstić information content (AvgIpc) is 2.93. The lowest BCUT2D eigenvalue weighted by molar-refractivity contribution is -0.142. The van der Waals surface area contributed by atoms with Crippen molar-refractivity contribution in [3.8, 4) is 0 Å². The molecule has 5 atom stereocenters. The zero-order chi connectivity index (χ0) is 31.8. The summed E-state index contributed by atoms with van der Waals surface area (Å²) in [5.41, 5.74) is 12.0. The Balaban J connectivity index is 3.09. The van der Waals surface area contributed by atoms with Gasteiger partial charge in [0.25, 0.3) is 0 Å². The fourth-order valence-corrected chi connectivity index (χ4v) is 3.87. The van der Waals surface area contributed by atoms with Crippen LogP contribution in [-0.4, -0.2) is 82.5 Å². The summed E-state index contributed by atoms with van der Waals surface area (Å²) in [7, 11) is 0. The van der Waals surface area contributed by atoms with Crippen molar-refractivity contribution in [2.75, 3.05) is 6.54 Å². The SMILES string of the molecule is CC(C)[C@H](N)C(=O)N[C@@H](CCC(=O)O)C(=O)N[C@@H](Cc1ccccc1)C(=O)N[C@@H](C)C(=O)N[C@@H](CCCCN)C(=O)O. The van der Waals surface area contributed by atoms with Crippen LogP contribution >= 0.6 is 0 Å². The molecule has 1 aromatic rings. The van der Waals surface area contributed by atoms with Crippen molar-refractivity contribution in [1.29, 1.82) is 0 Å². The molecule has 14 nitrogen and oxygen atoms in total. The van der Waals surface area contributed by atoms with Gasteiger partial charge in [0.05, 0.1) is 6.04 Å². The van der Waals surface area contributed by atoms with E-state index in [0.717, 1.165) is 0 Å². The van der Waals surface area contributed by atoms with E-state index < -0.39 is 72.2 Å². The van der Waals surface area contributed by atoms with Crippen LogP contribution in [0.4, 0.5) is 0 Å². The molecule has 234 valence electrons. The number of hydrogen-bond acceptors (Lipinski definition) is 8. The van der Waals surface area contributed by atoms with Crippen molar-refractivity contribution in [1.82, 2.24) is 21.3 Å². The molecule has 4 amide bonds. The number of carbonyl (C=O) groups excluding carboxylic acids is 4. The van der Waals surface area contributed by atoms with Gasteiger partial charge in [0.2, 0.25) is 23.6 Å². The molecule has 0 radical (unpaired) electrons. The van der Waals surface area contributed by atoms with E-state index in [1.165, 1.54) is 6.92 Å². The second-order valence-electron chi connectivity index (χ2n) is 10.4. The van der Waals surface area contributed by atoms with E-state index in [1.807, 2.05) is 0 Å². The molecule has 0 saturated heterocycles. The third-order valence-corrected chi connectivity index (χ3v) is 6.53. The fraction of sp³-hybridized carbons (Fsp3) is 0.571. The Morgan fingerprint density at radius 3 is 1.86 bits per heavy atom. The molecule has 42 heavy (non-hydrogen) atoms. The van der Waals surface area contributed by atoms with Crippen molar-refractivity contribution in [2.45, 2.75) is 89.5 Å². The number of aliphatic carboxylic acids is 2. The molecule has 0 unspecified atom stereocenters. The summed E-state index contributed by atoms with van der Waals surface area (Å²) in [5.74, 6) is -5.59. The van der Waals surface area contributed by atoms with Crippen LogP contribution in [0.25, 0.3) is 0 Å². The van der Waals surface area contributed by atoms with Gasteiger partial charge >= 0.3 is 11.9 Å². The summed E-state index contributed by atoms with van der Waals surface area (Å²) in [6, 6.07) is 2.91. The first-order valence-corrected chi connectivity index (χ1v) is 13.9. The summed E-state index contributed by atoms with van der Waals surface area (Å²) in [6.45, 7) is 5.18. The molecule has 0 aliphatic carbocycles. The van der Waals surface area contributed by atoms with E-state index >= 15 is 0 Å². The van der Waals surface area contributed by atoms with E-state index in [9.17, 15) is 33.9 Å². The van der Waals surface area contributed by atoms with Crippen LogP contribution in [0.15, 0.2) is 30.3 Å². The number of nitrogens with one attached hydrogen (secondary N) is 4. The highest BCUT2D eigenvalue weighted by Crippen LogP contribution is 2.08. The molecule has 0 aliphatic heterocycles. The first-order valence-electron chi connectivity index (χ1n) is 13.9. The molecular formula is C28H44N6O8. The van der Waals surface area contributed by atoms with Gasteiger partial charge < -0.3 is 42.9 Å². The van der Waals surface area contributed by atoms with E-state index in [-0.39, 0.29) is 25.2 Å². The highest BCUT2D eigenvalue weighted by Gasteiger charge is 2.31. The minimum absolute atomic E-state index is 0.00863. The maximum atomic E-state index is 13.3. The average molecular weight is 593 g/mol. The van der Waals surface area contributed by atoms with Gasteiger partial charge in [0.1, 0.15) is 24.2 Å². The zero-order valence-electron chi connectivity index (χ0n) is 24.3. The lowest BCUT2D eigenvalue weighted by atomic mass is 10.0. The fourth-order valence-electron chi connectivity index (χ4n) is 3.87. The van der Waals surface area contributed by atoms with Crippen molar-refractivity contribution in [2.24, 2.45) is 17.4 Å².